The van der Waals surface area contributed by atoms with Crippen LogP contribution in [0.5, 0.6) is 0 Å². The largest absolute Gasteiger partial charge is 0.444 e. The number of nitrogens with zero attached hydrogens (tertiary/aromatic N) is 1. The molecule has 1 amide bonds. The Hall–Kier alpha value is -1.84. The minimum atomic E-state index is -0.545. The van der Waals surface area contributed by atoms with E-state index in [1.807, 2.05) is 51.1 Å². The molecule has 0 saturated heterocycles. The van der Waals surface area contributed by atoms with Gasteiger partial charge in [-0.15, -0.1) is 0 Å². The Morgan fingerprint density at radius 3 is 2.40 bits per heavy atom. The van der Waals surface area contributed by atoms with Crippen LogP contribution in [-0.2, 0) is 16.1 Å². The molecule has 1 aromatic carbocycles. The van der Waals surface area contributed by atoms with Crippen LogP contribution in [0.4, 0.5) is 4.79 Å². The van der Waals surface area contributed by atoms with E-state index in [1.54, 1.807) is 11.8 Å². The summed E-state index contributed by atoms with van der Waals surface area (Å²) in [6.45, 7) is 8.06. The Morgan fingerprint density at radius 2 is 1.90 bits per heavy atom. The normalized spacial score (nSPS) is 12.6. The average molecular weight is 277 g/mol. The monoisotopic (exact) mass is 277 g/mol. The van der Waals surface area contributed by atoms with Gasteiger partial charge in [-0.3, -0.25) is 0 Å². The second-order valence-corrected chi connectivity index (χ2v) is 5.96. The molecule has 1 unspecified atom stereocenters. The van der Waals surface area contributed by atoms with Gasteiger partial charge in [0, 0.05) is 19.0 Å². The molecule has 4 nitrogen and oxygen atoms in total. The predicted molar refractivity (Wildman–Crippen MR) is 78.3 cm³/mol. The summed E-state index contributed by atoms with van der Waals surface area (Å²) >= 11 is 0. The fourth-order valence-electron chi connectivity index (χ4n) is 1.72. The van der Waals surface area contributed by atoms with Crippen LogP contribution in [0.3, 0.4) is 0 Å². The van der Waals surface area contributed by atoms with E-state index in [4.69, 9.17) is 4.74 Å². The van der Waals surface area contributed by atoms with Gasteiger partial charge in [0.15, 0.2) is 0 Å². The number of aldehydes is 1. The molecule has 110 valence electrons. The predicted octanol–water partition coefficient (Wildman–Crippen LogP) is 3.26. The molecular formula is C16H23NO3. The average Bonchev–Trinajstić information content (AvgIpc) is 2.37. The van der Waals surface area contributed by atoms with E-state index in [0.29, 0.717) is 13.1 Å². The maximum Gasteiger partial charge on any atom is 0.410 e. The third-order valence-electron chi connectivity index (χ3n) is 2.61. The number of hydrogen-bond acceptors (Lipinski definition) is 3. The van der Waals surface area contributed by atoms with Crippen molar-refractivity contribution in [3.63, 3.8) is 0 Å². The van der Waals surface area contributed by atoms with Crippen molar-refractivity contribution in [2.75, 3.05) is 6.54 Å². The summed E-state index contributed by atoms with van der Waals surface area (Å²) in [5.41, 5.74) is 0.465. The highest BCUT2D eigenvalue weighted by Gasteiger charge is 2.23. The molecule has 1 atom stereocenters. The van der Waals surface area contributed by atoms with Gasteiger partial charge in [-0.2, -0.15) is 0 Å². The van der Waals surface area contributed by atoms with Crippen molar-refractivity contribution in [3.05, 3.63) is 35.9 Å². The lowest BCUT2D eigenvalue weighted by Crippen LogP contribution is -2.39. The van der Waals surface area contributed by atoms with Gasteiger partial charge in [0.2, 0.25) is 0 Å². The molecule has 0 saturated carbocycles. The quantitative estimate of drug-likeness (QED) is 0.776. The molecule has 0 N–H and O–H groups in total. The molecule has 0 aliphatic rings. The van der Waals surface area contributed by atoms with Gasteiger partial charge >= 0.3 is 6.09 Å². The zero-order valence-electron chi connectivity index (χ0n) is 12.6. The number of amides is 1. The van der Waals surface area contributed by atoms with E-state index < -0.39 is 11.7 Å². The number of carbonyl (C=O) groups excluding carboxylic acids is 2. The van der Waals surface area contributed by atoms with E-state index >= 15 is 0 Å². The van der Waals surface area contributed by atoms with Crippen LogP contribution in [0.25, 0.3) is 0 Å². The Kier molecular flexibility index (Phi) is 5.74. The summed E-state index contributed by atoms with van der Waals surface area (Å²) < 4.78 is 5.39. The Labute approximate surface area is 120 Å². The minimum Gasteiger partial charge on any atom is -0.444 e. The number of benzene rings is 1. The van der Waals surface area contributed by atoms with E-state index in [1.165, 1.54) is 0 Å². The van der Waals surface area contributed by atoms with Crippen LogP contribution in [0.1, 0.15) is 33.3 Å². The van der Waals surface area contributed by atoms with Crippen molar-refractivity contribution >= 4 is 12.4 Å². The van der Waals surface area contributed by atoms with Crippen LogP contribution < -0.4 is 0 Å². The van der Waals surface area contributed by atoms with Gasteiger partial charge in [0.05, 0.1) is 0 Å². The van der Waals surface area contributed by atoms with E-state index in [-0.39, 0.29) is 5.92 Å². The zero-order valence-corrected chi connectivity index (χ0v) is 12.6. The van der Waals surface area contributed by atoms with Gasteiger partial charge in [-0.1, -0.05) is 37.3 Å². The van der Waals surface area contributed by atoms with Crippen LogP contribution in [0.2, 0.25) is 0 Å². The van der Waals surface area contributed by atoms with Crippen molar-refractivity contribution in [2.45, 2.75) is 39.8 Å². The molecule has 0 aliphatic carbocycles. The van der Waals surface area contributed by atoms with Gasteiger partial charge in [-0.25, -0.2) is 4.79 Å². The first kappa shape index (κ1) is 16.2. The summed E-state index contributed by atoms with van der Waals surface area (Å²) in [5, 5.41) is 0. The van der Waals surface area contributed by atoms with Crippen molar-refractivity contribution in [1.82, 2.24) is 4.90 Å². The maximum atomic E-state index is 12.2. The molecule has 0 aromatic heterocycles. The first-order valence-electron chi connectivity index (χ1n) is 6.79. The number of hydrogen-bond donors (Lipinski definition) is 0. The van der Waals surface area contributed by atoms with Gasteiger partial charge < -0.3 is 14.4 Å². The first-order valence-corrected chi connectivity index (χ1v) is 6.79. The molecule has 0 radical (unpaired) electrons. The number of carbonyl (C=O) groups is 2. The summed E-state index contributed by atoms with van der Waals surface area (Å²) in [5.74, 6) is -0.216. The molecule has 4 heteroatoms. The standard InChI is InChI=1S/C16H23NO3/c1-13(12-18)10-17(15(19)20-16(2,3)4)11-14-8-6-5-7-9-14/h5-9,12-13H,10-11H2,1-4H3. The highest BCUT2D eigenvalue weighted by Crippen LogP contribution is 2.14. The lowest BCUT2D eigenvalue weighted by atomic mass is 10.1. The smallest absolute Gasteiger partial charge is 0.410 e. The zero-order chi connectivity index (χ0) is 15.2. The summed E-state index contributed by atoms with van der Waals surface area (Å²) in [6, 6.07) is 9.67. The Bertz CT molecular complexity index is 437. The lowest BCUT2D eigenvalue weighted by Gasteiger charge is -2.28. The van der Waals surface area contributed by atoms with E-state index in [9.17, 15) is 9.59 Å². The molecule has 0 spiro atoms. The van der Waals surface area contributed by atoms with Crippen LogP contribution >= 0.6 is 0 Å². The van der Waals surface area contributed by atoms with Crippen LogP contribution in [0, 0.1) is 5.92 Å². The highest BCUT2D eigenvalue weighted by molar-refractivity contribution is 5.69. The molecule has 0 bridgehead atoms. The van der Waals surface area contributed by atoms with Crippen molar-refractivity contribution in [2.24, 2.45) is 5.92 Å². The molecule has 1 aromatic rings. The highest BCUT2D eigenvalue weighted by atomic mass is 16.6. The summed E-state index contributed by atoms with van der Waals surface area (Å²) in [7, 11) is 0. The second kappa shape index (κ2) is 7.08. The van der Waals surface area contributed by atoms with Gasteiger partial charge in [0.25, 0.3) is 0 Å². The molecular weight excluding hydrogens is 254 g/mol. The summed E-state index contributed by atoms with van der Waals surface area (Å²) in [6.07, 6.45) is 0.456. The summed E-state index contributed by atoms with van der Waals surface area (Å²) in [4.78, 5) is 24.6. The van der Waals surface area contributed by atoms with E-state index in [0.717, 1.165) is 11.8 Å². The third kappa shape index (κ3) is 5.87. The fourth-order valence-corrected chi connectivity index (χ4v) is 1.72. The SMILES string of the molecule is CC(C=O)CN(Cc1ccccc1)C(=O)OC(C)(C)C. The maximum absolute atomic E-state index is 12.2. The number of rotatable bonds is 5. The number of ether oxygens (including phenoxy) is 1. The topological polar surface area (TPSA) is 46.6 Å². The van der Waals surface area contributed by atoms with Crippen molar-refractivity contribution < 1.29 is 14.3 Å². The van der Waals surface area contributed by atoms with Crippen LogP contribution in [0.15, 0.2) is 30.3 Å². The minimum absolute atomic E-state index is 0.216. The van der Waals surface area contributed by atoms with Gasteiger partial charge in [0.1, 0.15) is 11.9 Å². The van der Waals surface area contributed by atoms with Crippen molar-refractivity contribution in [1.29, 1.82) is 0 Å². The molecule has 0 fully saturated rings. The Morgan fingerprint density at radius 1 is 1.30 bits per heavy atom. The second-order valence-electron chi connectivity index (χ2n) is 5.96. The first-order chi connectivity index (χ1) is 9.31. The van der Waals surface area contributed by atoms with Crippen LogP contribution in [-0.4, -0.2) is 29.4 Å². The molecule has 0 heterocycles. The lowest BCUT2D eigenvalue weighted by molar-refractivity contribution is -0.111. The Balaban J connectivity index is 2.79. The van der Waals surface area contributed by atoms with Gasteiger partial charge in [-0.05, 0) is 26.3 Å². The van der Waals surface area contributed by atoms with E-state index in [2.05, 4.69) is 0 Å². The third-order valence-corrected chi connectivity index (χ3v) is 2.61. The van der Waals surface area contributed by atoms with Crippen molar-refractivity contribution in [3.8, 4) is 0 Å². The molecule has 1 rings (SSSR count). The fraction of sp³-hybridized carbons (Fsp3) is 0.500. The molecule has 0 aliphatic heterocycles. The molecule has 20 heavy (non-hydrogen) atoms.